The fraction of sp³-hybridized carbons (Fsp3) is 0.294. The third-order valence-corrected chi connectivity index (χ3v) is 4.26. The molecule has 0 aliphatic heterocycles. The van der Waals surface area contributed by atoms with Crippen molar-refractivity contribution in [2.75, 3.05) is 24.7 Å². The number of anilines is 1. The summed E-state index contributed by atoms with van der Waals surface area (Å²) in [6.07, 6.45) is 2.60. The molecule has 0 saturated carbocycles. The molecule has 2 rings (SSSR count). The topological polar surface area (TPSA) is 54.0 Å². The van der Waals surface area contributed by atoms with E-state index in [1.165, 1.54) is 5.56 Å². The molecule has 0 unspecified atom stereocenters. The molecular formula is C17H21N3OS. The zero-order chi connectivity index (χ0) is 15.6. The van der Waals surface area contributed by atoms with E-state index in [0.29, 0.717) is 17.9 Å². The summed E-state index contributed by atoms with van der Waals surface area (Å²) in [7, 11) is 1.79. The van der Waals surface area contributed by atoms with Gasteiger partial charge in [-0.05, 0) is 29.9 Å². The number of amides is 1. The largest absolute Gasteiger partial charge is 0.373 e. The number of pyridine rings is 1. The first-order valence-electron chi connectivity index (χ1n) is 7.33. The quantitative estimate of drug-likeness (QED) is 0.735. The molecular weight excluding hydrogens is 294 g/mol. The van der Waals surface area contributed by atoms with Crippen LogP contribution in [0.5, 0.6) is 0 Å². The summed E-state index contributed by atoms with van der Waals surface area (Å²) < 4.78 is 0. The molecule has 0 spiro atoms. The van der Waals surface area contributed by atoms with Crippen molar-refractivity contribution in [1.82, 2.24) is 10.3 Å². The van der Waals surface area contributed by atoms with Crippen molar-refractivity contribution < 1.29 is 4.79 Å². The van der Waals surface area contributed by atoms with E-state index in [1.807, 2.05) is 17.8 Å². The van der Waals surface area contributed by atoms with Gasteiger partial charge in [-0.25, -0.2) is 4.98 Å². The van der Waals surface area contributed by atoms with Crippen LogP contribution in [0.3, 0.4) is 0 Å². The average molecular weight is 315 g/mol. The summed E-state index contributed by atoms with van der Waals surface area (Å²) in [5, 5.41) is 5.87. The number of carbonyl (C=O) groups is 1. The van der Waals surface area contributed by atoms with Crippen molar-refractivity contribution in [3.8, 4) is 0 Å². The van der Waals surface area contributed by atoms with Crippen molar-refractivity contribution in [3.63, 3.8) is 0 Å². The first-order valence-corrected chi connectivity index (χ1v) is 8.49. The minimum absolute atomic E-state index is 0.0491. The molecule has 5 heteroatoms. The maximum absolute atomic E-state index is 12.0. The summed E-state index contributed by atoms with van der Waals surface area (Å²) >= 11 is 1.89. The maximum Gasteiger partial charge on any atom is 0.251 e. The Labute approximate surface area is 135 Å². The molecule has 0 saturated heterocycles. The highest BCUT2D eigenvalue weighted by Gasteiger charge is 2.05. The van der Waals surface area contributed by atoms with Crippen LogP contribution in [0.25, 0.3) is 0 Å². The monoisotopic (exact) mass is 315 g/mol. The van der Waals surface area contributed by atoms with Crippen LogP contribution in [0.4, 0.5) is 5.82 Å². The molecule has 22 heavy (non-hydrogen) atoms. The highest BCUT2D eigenvalue weighted by molar-refractivity contribution is 7.98. The van der Waals surface area contributed by atoms with Gasteiger partial charge in [0.15, 0.2) is 0 Å². The van der Waals surface area contributed by atoms with Crippen LogP contribution in [0.2, 0.25) is 0 Å². The second kappa shape index (κ2) is 9.10. The van der Waals surface area contributed by atoms with E-state index in [-0.39, 0.29) is 5.91 Å². The highest BCUT2D eigenvalue weighted by Crippen LogP contribution is 2.12. The molecule has 0 atom stereocenters. The Hall–Kier alpha value is -2.01. The first-order chi connectivity index (χ1) is 10.8. The third kappa shape index (κ3) is 5.41. The summed E-state index contributed by atoms with van der Waals surface area (Å²) in [6, 6.07) is 13.9. The smallest absolute Gasteiger partial charge is 0.251 e. The van der Waals surface area contributed by atoms with Crippen LogP contribution < -0.4 is 10.6 Å². The van der Waals surface area contributed by atoms with E-state index in [2.05, 4.69) is 39.9 Å². The number of benzene rings is 1. The minimum Gasteiger partial charge on any atom is -0.373 e. The van der Waals surface area contributed by atoms with E-state index >= 15 is 0 Å². The summed E-state index contributed by atoms with van der Waals surface area (Å²) in [5.74, 6) is 2.70. The lowest BCUT2D eigenvalue weighted by molar-refractivity contribution is 0.0953. The molecule has 0 bridgehead atoms. The standard InChI is InChI=1S/C17H21N3OS/c1-18-16-12-15(8-10-19-16)17(21)20-9-5-11-22-13-14-6-3-2-4-7-14/h2-4,6-8,10,12H,5,9,11,13H2,1H3,(H,18,19)(H,20,21). The van der Waals surface area contributed by atoms with Crippen LogP contribution >= 0.6 is 11.8 Å². The maximum atomic E-state index is 12.0. The average Bonchev–Trinajstić information content (AvgIpc) is 2.58. The summed E-state index contributed by atoms with van der Waals surface area (Å²) in [5.41, 5.74) is 1.98. The third-order valence-electron chi connectivity index (χ3n) is 3.14. The number of aromatic nitrogens is 1. The van der Waals surface area contributed by atoms with Gasteiger partial charge in [0, 0.05) is 31.1 Å². The molecule has 1 aromatic heterocycles. The number of hydrogen-bond donors (Lipinski definition) is 2. The fourth-order valence-electron chi connectivity index (χ4n) is 1.95. The molecule has 4 nitrogen and oxygen atoms in total. The van der Waals surface area contributed by atoms with E-state index in [4.69, 9.17) is 0 Å². The summed E-state index contributed by atoms with van der Waals surface area (Å²) in [6.45, 7) is 0.692. The van der Waals surface area contributed by atoms with E-state index in [0.717, 1.165) is 17.9 Å². The summed E-state index contributed by atoms with van der Waals surface area (Å²) in [4.78, 5) is 16.1. The first kappa shape index (κ1) is 16.4. The van der Waals surface area contributed by atoms with Gasteiger partial charge < -0.3 is 10.6 Å². The second-order valence-corrected chi connectivity index (χ2v) is 5.93. The molecule has 1 amide bonds. The van der Waals surface area contributed by atoms with Crippen LogP contribution in [0, 0.1) is 0 Å². The van der Waals surface area contributed by atoms with Gasteiger partial charge in [0.1, 0.15) is 5.82 Å². The molecule has 0 fully saturated rings. The van der Waals surface area contributed by atoms with Gasteiger partial charge in [-0.2, -0.15) is 11.8 Å². The van der Waals surface area contributed by atoms with E-state index in [1.54, 1.807) is 25.4 Å². The van der Waals surface area contributed by atoms with Crippen molar-refractivity contribution in [3.05, 3.63) is 59.8 Å². The lowest BCUT2D eigenvalue weighted by atomic mass is 10.2. The number of hydrogen-bond acceptors (Lipinski definition) is 4. The SMILES string of the molecule is CNc1cc(C(=O)NCCCSCc2ccccc2)ccn1. The Morgan fingerprint density at radius 3 is 2.82 bits per heavy atom. The van der Waals surface area contributed by atoms with E-state index < -0.39 is 0 Å². The second-order valence-electron chi connectivity index (χ2n) is 4.83. The Bertz CT molecular complexity index is 589. The molecule has 0 radical (unpaired) electrons. The predicted octanol–water partition coefficient (Wildman–Crippen LogP) is 3.18. The van der Waals surface area contributed by atoms with Crippen molar-refractivity contribution in [2.45, 2.75) is 12.2 Å². The number of nitrogens with zero attached hydrogens (tertiary/aromatic N) is 1. The molecule has 2 aromatic rings. The van der Waals surface area contributed by atoms with Crippen LogP contribution in [0.1, 0.15) is 22.3 Å². The molecule has 2 N–H and O–H groups in total. The van der Waals surface area contributed by atoms with Crippen LogP contribution in [-0.2, 0) is 5.75 Å². The number of rotatable bonds is 8. The Balaban J connectivity index is 1.63. The number of nitrogens with one attached hydrogen (secondary N) is 2. The van der Waals surface area contributed by atoms with E-state index in [9.17, 15) is 4.79 Å². The van der Waals surface area contributed by atoms with Gasteiger partial charge in [-0.1, -0.05) is 30.3 Å². The zero-order valence-corrected chi connectivity index (χ0v) is 13.5. The van der Waals surface area contributed by atoms with Crippen molar-refractivity contribution in [1.29, 1.82) is 0 Å². The lowest BCUT2D eigenvalue weighted by Gasteiger charge is -2.06. The van der Waals surface area contributed by atoms with Crippen LogP contribution in [-0.4, -0.2) is 30.2 Å². The minimum atomic E-state index is -0.0491. The van der Waals surface area contributed by atoms with Crippen LogP contribution in [0.15, 0.2) is 48.7 Å². The van der Waals surface area contributed by atoms with Gasteiger partial charge >= 0.3 is 0 Å². The van der Waals surface area contributed by atoms with Crippen molar-refractivity contribution >= 4 is 23.5 Å². The molecule has 116 valence electrons. The Kier molecular flexibility index (Phi) is 6.77. The van der Waals surface area contributed by atoms with Gasteiger partial charge in [0.2, 0.25) is 0 Å². The molecule has 0 aliphatic carbocycles. The van der Waals surface area contributed by atoms with Gasteiger partial charge in [-0.3, -0.25) is 4.79 Å². The fourth-order valence-corrected chi connectivity index (χ4v) is 2.87. The molecule has 1 aromatic carbocycles. The van der Waals surface area contributed by atoms with Crippen molar-refractivity contribution in [2.24, 2.45) is 0 Å². The van der Waals surface area contributed by atoms with Gasteiger partial charge in [0.25, 0.3) is 5.91 Å². The number of carbonyl (C=O) groups excluding carboxylic acids is 1. The van der Waals surface area contributed by atoms with Gasteiger partial charge in [-0.15, -0.1) is 0 Å². The Morgan fingerprint density at radius 2 is 2.05 bits per heavy atom. The predicted molar refractivity (Wildman–Crippen MR) is 93.3 cm³/mol. The molecule has 0 aliphatic rings. The Morgan fingerprint density at radius 1 is 1.23 bits per heavy atom. The lowest BCUT2D eigenvalue weighted by Crippen LogP contribution is -2.24. The molecule has 1 heterocycles. The zero-order valence-electron chi connectivity index (χ0n) is 12.7. The normalized spacial score (nSPS) is 10.2. The number of thioether (sulfide) groups is 1. The van der Waals surface area contributed by atoms with Gasteiger partial charge in [0.05, 0.1) is 0 Å². The highest BCUT2D eigenvalue weighted by atomic mass is 32.2.